The van der Waals surface area contributed by atoms with Gasteiger partial charge in [-0.25, -0.2) is 0 Å². The first-order chi connectivity index (χ1) is 18.2. The molecule has 0 aliphatic heterocycles. The zero-order valence-corrected chi connectivity index (χ0v) is 21.0. The van der Waals surface area contributed by atoms with Crippen molar-refractivity contribution < 1.29 is 9.21 Å². The van der Waals surface area contributed by atoms with Gasteiger partial charge < -0.3 is 10.2 Å². The quantitative estimate of drug-likeness (QED) is 0.184. The van der Waals surface area contributed by atoms with Gasteiger partial charge in [0.2, 0.25) is 0 Å². The molecule has 6 rings (SSSR count). The Morgan fingerprint density at radius 2 is 1.46 bits per heavy atom. The van der Waals surface area contributed by atoms with Gasteiger partial charge in [0.25, 0.3) is 11.1 Å². The maximum Gasteiger partial charge on any atom is 0.277 e. The normalized spacial score (nSPS) is 11.1. The van der Waals surface area contributed by atoms with E-state index in [4.69, 9.17) is 10.2 Å². The van der Waals surface area contributed by atoms with Crippen LogP contribution in [0.1, 0.15) is 10.4 Å². The molecule has 37 heavy (non-hydrogen) atoms. The summed E-state index contributed by atoms with van der Waals surface area (Å²) in [6.07, 6.45) is 0. The van der Waals surface area contributed by atoms with Crippen LogP contribution in [0.15, 0.2) is 101 Å². The van der Waals surface area contributed by atoms with Crippen molar-refractivity contribution >= 4 is 44.8 Å². The highest BCUT2D eigenvalue weighted by Crippen LogP contribution is 2.46. The number of hydrogen-bond acceptors (Lipinski definition) is 9. The van der Waals surface area contributed by atoms with E-state index in [0.717, 1.165) is 27.8 Å². The van der Waals surface area contributed by atoms with Crippen LogP contribution in [0.2, 0.25) is 0 Å². The Hall–Kier alpha value is -4.34. The maximum atomic E-state index is 12.4. The van der Waals surface area contributed by atoms with Crippen LogP contribution in [-0.4, -0.2) is 31.9 Å². The van der Waals surface area contributed by atoms with E-state index >= 15 is 0 Å². The first-order valence-corrected chi connectivity index (χ1v) is 13.2. The first kappa shape index (κ1) is 23.1. The molecule has 0 aliphatic carbocycles. The van der Waals surface area contributed by atoms with Crippen molar-refractivity contribution in [1.82, 2.24) is 20.4 Å². The second kappa shape index (κ2) is 9.96. The van der Waals surface area contributed by atoms with Crippen molar-refractivity contribution in [1.29, 1.82) is 0 Å². The summed E-state index contributed by atoms with van der Waals surface area (Å²) < 4.78 is 5.90. The predicted molar refractivity (Wildman–Crippen MR) is 147 cm³/mol. The highest BCUT2D eigenvalue weighted by molar-refractivity contribution is 7.99. The first-order valence-electron chi connectivity index (χ1n) is 11.4. The van der Waals surface area contributed by atoms with Gasteiger partial charge in [-0.2, -0.15) is 0 Å². The van der Waals surface area contributed by atoms with E-state index in [-0.39, 0.29) is 17.4 Å². The lowest BCUT2D eigenvalue weighted by Gasteiger charge is -2.10. The summed E-state index contributed by atoms with van der Waals surface area (Å²) in [7, 11) is 0. The Bertz CT molecular complexity index is 1700. The summed E-state index contributed by atoms with van der Waals surface area (Å²) >= 11 is 2.55. The lowest BCUT2D eigenvalue weighted by Crippen LogP contribution is -2.01. The maximum absolute atomic E-state index is 12.4. The molecule has 2 N–H and O–H groups in total. The van der Waals surface area contributed by atoms with Crippen LogP contribution in [0.3, 0.4) is 0 Å². The Morgan fingerprint density at radius 3 is 2.16 bits per heavy atom. The van der Waals surface area contributed by atoms with E-state index in [1.165, 1.54) is 23.1 Å². The zero-order chi connectivity index (χ0) is 25.2. The van der Waals surface area contributed by atoms with E-state index in [1.807, 2.05) is 78.9 Å². The summed E-state index contributed by atoms with van der Waals surface area (Å²) in [4.78, 5) is 13.7. The van der Waals surface area contributed by atoms with Gasteiger partial charge in [-0.05, 0) is 5.56 Å². The van der Waals surface area contributed by atoms with E-state index in [2.05, 4.69) is 20.4 Å². The number of ketones is 1. The molecule has 0 saturated heterocycles. The van der Waals surface area contributed by atoms with Gasteiger partial charge in [0.05, 0.1) is 11.4 Å². The number of rotatable bonds is 7. The number of carbonyl (C=O) groups is 1. The summed E-state index contributed by atoms with van der Waals surface area (Å²) in [5.74, 6) is 0.468. The minimum absolute atomic E-state index is 0.0112. The van der Waals surface area contributed by atoms with Crippen molar-refractivity contribution in [2.45, 2.75) is 5.22 Å². The van der Waals surface area contributed by atoms with Crippen LogP contribution >= 0.6 is 23.1 Å². The smallest absolute Gasteiger partial charge is 0.277 e. The summed E-state index contributed by atoms with van der Waals surface area (Å²) in [5, 5.41) is 18.5. The number of benzene rings is 3. The number of fused-ring (bicyclic) bond motifs is 1. The number of nitrogen functional groups attached to an aromatic ring is 1. The SMILES string of the molecule is Nc1c(-c2nnc(SCC(=O)c3ccccc3)o2)sc2nnc(-c3ccccc3)c(-c3ccccc3)c12. The second-order valence-electron chi connectivity index (χ2n) is 8.13. The van der Waals surface area contributed by atoms with Crippen LogP contribution in [-0.2, 0) is 0 Å². The van der Waals surface area contributed by atoms with Crippen molar-refractivity contribution in [3.63, 3.8) is 0 Å². The van der Waals surface area contributed by atoms with Gasteiger partial charge in [-0.15, -0.1) is 31.7 Å². The monoisotopic (exact) mass is 521 g/mol. The predicted octanol–water partition coefficient (Wildman–Crippen LogP) is 6.63. The molecule has 7 nitrogen and oxygen atoms in total. The molecule has 180 valence electrons. The molecule has 0 atom stereocenters. The molecule has 0 spiro atoms. The molecule has 0 amide bonds. The minimum atomic E-state index is -0.0112. The van der Waals surface area contributed by atoms with Crippen LogP contribution in [0, 0.1) is 0 Å². The number of nitrogens with zero attached hydrogens (tertiary/aromatic N) is 4. The third kappa shape index (κ3) is 4.50. The molecule has 6 aromatic rings. The van der Waals surface area contributed by atoms with Gasteiger partial charge in [0, 0.05) is 22.1 Å². The second-order valence-corrected chi connectivity index (χ2v) is 10.1. The number of anilines is 1. The lowest BCUT2D eigenvalue weighted by atomic mass is 9.96. The average Bonchev–Trinajstić information content (AvgIpc) is 3.57. The van der Waals surface area contributed by atoms with Crippen LogP contribution in [0.25, 0.3) is 43.4 Å². The zero-order valence-electron chi connectivity index (χ0n) is 19.4. The summed E-state index contributed by atoms with van der Waals surface area (Å²) in [6, 6.07) is 29.0. The van der Waals surface area contributed by atoms with Crippen molar-refractivity contribution in [3.05, 3.63) is 96.6 Å². The third-order valence-electron chi connectivity index (χ3n) is 5.79. The Morgan fingerprint density at radius 1 is 0.811 bits per heavy atom. The molecule has 0 fully saturated rings. The van der Waals surface area contributed by atoms with Gasteiger partial charge in [0.1, 0.15) is 15.4 Å². The Balaban J connectivity index is 1.38. The number of hydrogen-bond donors (Lipinski definition) is 1. The van der Waals surface area contributed by atoms with E-state index in [1.54, 1.807) is 12.1 Å². The average molecular weight is 522 g/mol. The standard InChI is InChI=1S/C28H19N5O2S2/c29-23-22-21(18-12-6-2-7-13-18)24(19-14-8-3-9-15-19)30-32-27(22)37-25(23)26-31-33-28(35-26)36-16-20(34)17-10-4-1-5-11-17/h1-15H,16,29H2. The van der Waals surface area contributed by atoms with Crippen molar-refractivity contribution in [2.75, 3.05) is 11.5 Å². The molecular formula is C28H19N5O2S2. The lowest BCUT2D eigenvalue weighted by molar-refractivity contribution is 0.102. The summed E-state index contributed by atoms with van der Waals surface area (Å²) in [5.41, 5.74) is 11.4. The molecule has 0 unspecified atom stereocenters. The van der Waals surface area contributed by atoms with Gasteiger partial charge in [0.15, 0.2) is 5.78 Å². The number of carbonyl (C=O) groups excluding carboxylic acids is 1. The topological polar surface area (TPSA) is 108 Å². The van der Waals surface area contributed by atoms with Gasteiger partial charge >= 0.3 is 0 Å². The summed E-state index contributed by atoms with van der Waals surface area (Å²) in [6.45, 7) is 0. The van der Waals surface area contributed by atoms with Gasteiger partial charge in [-0.1, -0.05) is 103 Å². The van der Waals surface area contributed by atoms with E-state index in [9.17, 15) is 4.79 Å². The third-order valence-corrected chi connectivity index (χ3v) is 7.68. The molecule has 0 radical (unpaired) electrons. The fourth-order valence-corrected chi connectivity index (χ4v) is 5.67. The molecule has 3 heterocycles. The number of thiophene rings is 1. The van der Waals surface area contributed by atoms with Crippen LogP contribution in [0.4, 0.5) is 5.69 Å². The molecule has 0 aliphatic rings. The van der Waals surface area contributed by atoms with E-state index in [0.29, 0.717) is 26.2 Å². The number of thioether (sulfide) groups is 1. The Labute approximate surface area is 220 Å². The largest absolute Gasteiger partial charge is 0.410 e. The molecule has 3 aromatic carbocycles. The number of nitrogens with two attached hydrogens (primary N) is 1. The highest BCUT2D eigenvalue weighted by Gasteiger charge is 2.24. The molecular weight excluding hydrogens is 502 g/mol. The van der Waals surface area contributed by atoms with Crippen LogP contribution < -0.4 is 5.73 Å². The molecule has 9 heteroatoms. The highest BCUT2D eigenvalue weighted by atomic mass is 32.2. The van der Waals surface area contributed by atoms with E-state index < -0.39 is 0 Å². The molecule has 3 aromatic heterocycles. The molecule has 0 saturated carbocycles. The minimum Gasteiger partial charge on any atom is -0.410 e. The number of Topliss-reactive ketones (excluding diaryl/α,β-unsaturated/α-hetero) is 1. The van der Waals surface area contributed by atoms with Gasteiger partial charge in [-0.3, -0.25) is 4.79 Å². The van der Waals surface area contributed by atoms with Crippen molar-refractivity contribution in [2.24, 2.45) is 0 Å². The van der Waals surface area contributed by atoms with Crippen molar-refractivity contribution in [3.8, 4) is 33.2 Å². The Kier molecular flexibility index (Phi) is 6.21. The fourth-order valence-electron chi connectivity index (χ4n) is 4.04. The molecule has 0 bridgehead atoms. The van der Waals surface area contributed by atoms with Crippen LogP contribution in [0.5, 0.6) is 0 Å². The number of aromatic nitrogens is 4. The fraction of sp³-hybridized carbons (Fsp3) is 0.0357.